The van der Waals surface area contributed by atoms with E-state index in [-0.39, 0.29) is 5.91 Å². The van der Waals surface area contributed by atoms with Gasteiger partial charge in [-0.2, -0.15) is 0 Å². The van der Waals surface area contributed by atoms with Gasteiger partial charge in [-0.3, -0.25) is 4.79 Å². The van der Waals surface area contributed by atoms with Gasteiger partial charge >= 0.3 is 0 Å². The van der Waals surface area contributed by atoms with E-state index in [1.54, 1.807) is 0 Å². The lowest BCUT2D eigenvalue weighted by molar-refractivity contribution is 0.0553. The van der Waals surface area contributed by atoms with Crippen LogP contribution in [0.25, 0.3) is 0 Å². The highest BCUT2D eigenvalue weighted by Crippen LogP contribution is 2.37. The number of nitrogens with zero attached hydrogens (tertiary/aromatic N) is 1. The second-order valence-electron chi connectivity index (χ2n) is 5.30. The second-order valence-corrected chi connectivity index (χ2v) is 5.74. The lowest BCUT2D eigenvalue weighted by Gasteiger charge is -2.46. The Morgan fingerprint density at radius 1 is 1.14 bits per heavy atom. The minimum Gasteiger partial charge on any atom is -0.358 e. The van der Waals surface area contributed by atoms with Gasteiger partial charge in [0.05, 0.1) is 5.56 Å². The third-order valence-electron chi connectivity index (χ3n) is 4.04. The van der Waals surface area contributed by atoms with Gasteiger partial charge in [0.1, 0.15) is 5.66 Å². The smallest absolute Gasteiger partial charge is 0.258 e. The third-order valence-corrected chi connectivity index (χ3v) is 4.30. The van der Waals surface area contributed by atoms with Crippen LogP contribution in [0.15, 0.2) is 48.5 Å². The number of carbonyl (C=O) groups excluding carboxylic acids is 1. The van der Waals surface area contributed by atoms with Gasteiger partial charge in [0, 0.05) is 17.3 Å². The van der Waals surface area contributed by atoms with Crippen LogP contribution < -0.4 is 5.32 Å². The molecule has 3 nitrogen and oxygen atoms in total. The highest BCUT2D eigenvalue weighted by Gasteiger charge is 2.41. The van der Waals surface area contributed by atoms with Gasteiger partial charge in [-0.15, -0.1) is 0 Å². The van der Waals surface area contributed by atoms with Crippen molar-refractivity contribution in [2.24, 2.45) is 0 Å². The van der Waals surface area contributed by atoms with Crippen molar-refractivity contribution in [1.82, 2.24) is 4.90 Å². The van der Waals surface area contributed by atoms with Crippen molar-refractivity contribution >= 4 is 23.2 Å². The zero-order chi connectivity index (χ0) is 15.0. The SMILES string of the molecule is CCN1C(=O)c2ccccc2NC1(C)c1ccc(Cl)cc1. The first-order valence-electron chi connectivity index (χ1n) is 7.01. The Kier molecular flexibility index (Phi) is 3.38. The first-order chi connectivity index (χ1) is 10.1. The predicted octanol–water partition coefficient (Wildman–Crippen LogP) is 4.10. The van der Waals surface area contributed by atoms with Crippen molar-refractivity contribution in [3.8, 4) is 0 Å². The normalized spacial score (nSPS) is 20.9. The second kappa shape index (κ2) is 5.08. The molecular formula is C17H17ClN2O. The molecule has 1 unspecified atom stereocenters. The molecule has 3 rings (SSSR count). The van der Waals surface area contributed by atoms with E-state index in [1.807, 2.05) is 67.3 Å². The van der Waals surface area contributed by atoms with E-state index in [0.29, 0.717) is 17.1 Å². The molecule has 0 bridgehead atoms. The Morgan fingerprint density at radius 2 is 1.81 bits per heavy atom. The van der Waals surface area contributed by atoms with Gasteiger partial charge in [-0.05, 0) is 43.7 Å². The molecule has 1 heterocycles. The van der Waals surface area contributed by atoms with Crippen LogP contribution in [-0.2, 0) is 5.66 Å². The topological polar surface area (TPSA) is 32.3 Å². The van der Waals surface area contributed by atoms with E-state index in [0.717, 1.165) is 11.3 Å². The van der Waals surface area contributed by atoms with Gasteiger partial charge in [0.25, 0.3) is 5.91 Å². The van der Waals surface area contributed by atoms with E-state index >= 15 is 0 Å². The minimum atomic E-state index is -0.579. The van der Waals surface area contributed by atoms with Crippen molar-refractivity contribution in [1.29, 1.82) is 0 Å². The molecule has 1 amide bonds. The molecule has 2 aromatic carbocycles. The molecule has 108 valence electrons. The minimum absolute atomic E-state index is 0.0456. The molecule has 1 aliphatic rings. The lowest BCUT2D eigenvalue weighted by Crippen LogP contribution is -2.55. The fourth-order valence-electron chi connectivity index (χ4n) is 2.92. The number of carbonyl (C=O) groups is 1. The van der Waals surface area contributed by atoms with Crippen molar-refractivity contribution < 1.29 is 4.79 Å². The standard InChI is InChI=1S/C17H17ClN2O/c1-3-20-16(21)14-6-4-5-7-15(14)19-17(20,2)12-8-10-13(18)11-9-12/h4-11,19H,3H2,1-2H3. The van der Waals surface area contributed by atoms with Crippen LogP contribution in [0.2, 0.25) is 5.02 Å². The maximum atomic E-state index is 12.8. The number of para-hydroxylation sites is 1. The van der Waals surface area contributed by atoms with Crippen LogP contribution in [0, 0.1) is 0 Å². The zero-order valence-electron chi connectivity index (χ0n) is 12.1. The summed E-state index contributed by atoms with van der Waals surface area (Å²) in [6, 6.07) is 15.2. The number of nitrogens with one attached hydrogen (secondary N) is 1. The van der Waals surface area contributed by atoms with Gasteiger partial charge in [0.15, 0.2) is 0 Å². The summed E-state index contributed by atoms with van der Waals surface area (Å²) in [4.78, 5) is 14.6. The van der Waals surface area contributed by atoms with Crippen LogP contribution in [0.4, 0.5) is 5.69 Å². The summed E-state index contributed by atoms with van der Waals surface area (Å²) in [6.07, 6.45) is 0. The molecule has 1 atom stereocenters. The van der Waals surface area contributed by atoms with Gasteiger partial charge in [0.2, 0.25) is 0 Å². The van der Waals surface area contributed by atoms with Gasteiger partial charge in [-0.25, -0.2) is 0 Å². The van der Waals surface area contributed by atoms with E-state index in [9.17, 15) is 4.79 Å². The average molecular weight is 301 g/mol. The summed E-state index contributed by atoms with van der Waals surface area (Å²) in [5.41, 5.74) is 2.01. The summed E-state index contributed by atoms with van der Waals surface area (Å²) < 4.78 is 0. The summed E-state index contributed by atoms with van der Waals surface area (Å²) >= 11 is 5.98. The molecule has 0 saturated heterocycles. The number of rotatable bonds is 2. The average Bonchev–Trinajstić information content (AvgIpc) is 2.48. The molecule has 0 spiro atoms. The quantitative estimate of drug-likeness (QED) is 0.905. The van der Waals surface area contributed by atoms with Crippen molar-refractivity contribution in [2.45, 2.75) is 19.5 Å². The Bertz CT molecular complexity index is 683. The predicted molar refractivity (Wildman–Crippen MR) is 85.6 cm³/mol. The number of anilines is 1. The maximum Gasteiger partial charge on any atom is 0.258 e. The molecular weight excluding hydrogens is 284 g/mol. The summed E-state index contributed by atoms with van der Waals surface area (Å²) in [5.74, 6) is 0.0456. The Hall–Kier alpha value is -2.00. The maximum absolute atomic E-state index is 12.8. The molecule has 0 fully saturated rings. The van der Waals surface area contributed by atoms with Gasteiger partial charge in [-0.1, -0.05) is 35.9 Å². The summed E-state index contributed by atoms with van der Waals surface area (Å²) in [6.45, 7) is 4.63. The van der Waals surface area contributed by atoms with E-state index < -0.39 is 5.66 Å². The Morgan fingerprint density at radius 3 is 2.48 bits per heavy atom. The highest BCUT2D eigenvalue weighted by molar-refractivity contribution is 6.30. The first kappa shape index (κ1) is 14.0. The Balaban J connectivity index is 2.13. The van der Waals surface area contributed by atoms with Crippen LogP contribution in [0.5, 0.6) is 0 Å². The lowest BCUT2D eigenvalue weighted by atomic mass is 9.93. The van der Waals surface area contributed by atoms with Crippen LogP contribution >= 0.6 is 11.6 Å². The summed E-state index contributed by atoms with van der Waals surface area (Å²) in [7, 11) is 0. The van der Waals surface area contributed by atoms with Gasteiger partial charge < -0.3 is 10.2 Å². The molecule has 0 aliphatic carbocycles. The third kappa shape index (κ3) is 2.18. The van der Waals surface area contributed by atoms with E-state index in [1.165, 1.54) is 0 Å². The monoisotopic (exact) mass is 300 g/mol. The molecule has 1 aliphatic heterocycles. The number of halogens is 1. The van der Waals surface area contributed by atoms with Crippen molar-refractivity contribution in [2.75, 3.05) is 11.9 Å². The zero-order valence-corrected chi connectivity index (χ0v) is 12.8. The summed E-state index contributed by atoms with van der Waals surface area (Å²) in [5, 5.41) is 4.19. The van der Waals surface area contributed by atoms with Crippen LogP contribution in [-0.4, -0.2) is 17.4 Å². The Labute approximate surface area is 129 Å². The molecule has 1 N–H and O–H groups in total. The largest absolute Gasteiger partial charge is 0.358 e. The molecule has 0 radical (unpaired) electrons. The number of hydrogen-bond donors (Lipinski definition) is 1. The van der Waals surface area contributed by atoms with Crippen molar-refractivity contribution in [3.05, 3.63) is 64.7 Å². The number of benzene rings is 2. The number of amides is 1. The molecule has 2 aromatic rings. The number of fused-ring (bicyclic) bond motifs is 1. The number of hydrogen-bond acceptors (Lipinski definition) is 2. The molecule has 0 saturated carbocycles. The van der Waals surface area contributed by atoms with Crippen molar-refractivity contribution in [3.63, 3.8) is 0 Å². The molecule has 21 heavy (non-hydrogen) atoms. The highest BCUT2D eigenvalue weighted by atomic mass is 35.5. The van der Waals surface area contributed by atoms with Crippen LogP contribution in [0.1, 0.15) is 29.8 Å². The van der Waals surface area contributed by atoms with E-state index in [2.05, 4.69) is 5.32 Å². The fourth-order valence-corrected chi connectivity index (χ4v) is 3.05. The van der Waals surface area contributed by atoms with Crippen LogP contribution in [0.3, 0.4) is 0 Å². The fraction of sp³-hybridized carbons (Fsp3) is 0.235. The molecule has 0 aromatic heterocycles. The first-order valence-corrected chi connectivity index (χ1v) is 7.39. The molecule has 4 heteroatoms. The van der Waals surface area contributed by atoms with E-state index in [4.69, 9.17) is 11.6 Å².